The number of thiazole rings is 1. The average molecular weight is 542 g/mol. The first-order chi connectivity index (χ1) is 18.2. The maximum absolute atomic E-state index is 12.7. The molecular formula is C30H31N5OS2. The SMILES string of the molecule is CCn1c(SCC(=O)Nc2ccc(-c3nc4ccc(C)cc4s3)cc2)nnc1-c1ccc(C(C)(C)C)cc1. The van der Waals surface area contributed by atoms with Gasteiger partial charge in [0.15, 0.2) is 11.0 Å². The molecule has 6 nitrogen and oxygen atoms in total. The summed E-state index contributed by atoms with van der Waals surface area (Å²) in [6, 6.07) is 22.6. The normalized spacial score (nSPS) is 11.7. The monoisotopic (exact) mass is 541 g/mol. The highest BCUT2D eigenvalue weighted by Crippen LogP contribution is 2.32. The van der Waals surface area contributed by atoms with Gasteiger partial charge in [0.25, 0.3) is 0 Å². The summed E-state index contributed by atoms with van der Waals surface area (Å²) in [6.45, 7) is 11.5. The minimum Gasteiger partial charge on any atom is -0.325 e. The van der Waals surface area contributed by atoms with E-state index in [1.54, 1.807) is 11.3 Å². The summed E-state index contributed by atoms with van der Waals surface area (Å²) in [6.07, 6.45) is 0. The van der Waals surface area contributed by atoms with Crippen molar-refractivity contribution in [3.8, 4) is 22.0 Å². The van der Waals surface area contributed by atoms with Crippen LogP contribution in [0.1, 0.15) is 38.8 Å². The molecule has 2 aromatic heterocycles. The van der Waals surface area contributed by atoms with Crippen molar-refractivity contribution in [1.29, 1.82) is 0 Å². The van der Waals surface area contributed by atoms with E-state index in [1.165, 1.54) is 27.6 Å². The molecule has 38 heavy (non-hydrogen) atoms. The molecule has 0 unspecified atom stereocenters. The van der Waals surface area contributed by atoms with E-state index in [9.17, 15) is 4.79 Å². The number of nitrogens with zero attached hydrogens (tertiary/aromatic N) is 4. The van der Waals surface area contributed by atoms with E-state index in [0.717, 1.165) is 44.9 Å². The number of amides is 1. The van der Waals surface area contributed by atoms with Crippen molar-refractivity contribution in [1.82, 2.24) is 19.7 Å². The largest absolute Gasteiger partial charge is 0.325 e. The maximum Gasteiger partial charge on any atom is 0.234 e. The minimum atomic E-state index is -0.0834. The number of hydrogen-bond donors (Lipinski definition) is 1. The van der Waals surface area contributed by atoms with Crippen molar-refractivity contribution in [2.75, 3.05) is 11.1 Å². The second-order valence-electron chi connectivity index (χ2n) is 10.3. The maximum atomic E-state index is 12.7. The zero-order chi connectivity index (χ0) is 26.9. The molecule has 2 heterocycles. The Kier molecular flexibility index (Phi) is 7.36. The van der Waals surface area contributed by atoms with Crippen LogP contribution in [-0.4, -0.2) is 31.4 Å². The van der Waals surface area contributed by atoms with E-state index in [-0.39, 0.29) is 17.1 Å². The van der Waals surface area contributed by atoms with Crippen molar-refractivity contribution >= 4 is 44.9 Å². The molecule has 5 aromatic rings. The third kappa shape index (κ3) is 5.66. The summed E-state index contributed by atoms with van der Waals surface area (Å²) in [5.74, 6) is 0.983. The van der Waals surface area contributed by atoms with Crippen LogP contribution >= 0.6 is 23.1 Å². The number of hydrogen-bond acceptors (Lipinski definition) is 6. The van der Waals surface area contributed by atoms with E-state index < -0.39 is 0 Å². The highest BCUT2D eigenvalue weighted by atomic mass is 32.2. The summed E-state index contributed by atoms with van der Waals surface area (Å²) in [4.78, 5) is 17.4. The predicted molar refractivity (Wildman–Crippen MR) is 159 cm³/mol. The number of nitrogens with one attached hydrogen (secondary N) is 1. The Bertz CT molecular complexity index is 1580. The highest BCUT2D eigenvalue weighted by Gasteiger charge is 2.17. The van der Waals surface area contributed by atoms with E-state index in [1.807, 2.05) is 24.3 Å². The standard InChI is InChI=1S/C30H31N5OS2/c1-6-35-27(20-8-12-22(13-9-20)30(3,4)5)33-34-29(35)37-18-26(36)31-23-14-10-21(11-15-23)28-32-24-16-7-19(2)17-25(24)38-28/h7-17H,6,18H2,1-5H3,(H,31,36). The summed E-state index contributed by atoms with van der Waals surface area (Å²) in [7, 11) is 0. The molecule has 0 atom stereocenters. The number of aromatic nitrogens is 4. The molecule has 0 aliphatic heterocycles. The Hall–Kier alpha value is -3.49. The number of benzene rings is 3. The van der Waals surface area contributed by atoms with Crippen LogP contribution in [-0.2, 0) is 16.8 Å². The number of rotatable bonds is 7. The third-order valence-corrected chi connectivity index (χ3v) is 8.37. The van der Waals surface area contributed by atoms with Gasteiger partial charge in [0.05, 0.1) is 16.0 Å². The van der Waals surface area contributed by atoms with Crippen LogP contribution in [0.25, 0.3) is 32.2 Å². The van der Waals surface area contributed by atoms with Crippen LogP contribution in [0, 0.1) is 6.92 Å². The quantitative estimate of drug-likeness (QED) is 0.215. The Labute approximate surface area is 231 Å². The lowest BCUT2D eigenvalue weighted by Crippen LogP contribution is -2.14. The number of carbonyl (C=O) groups is 1. The molecule has 0 bridgehead atoms. The zero-order valence-corrected chi connectivity index (χ0v) is 23.9. The molecule has 0 radical (unpaired) electrons. The molecule has 0 aliphatic carbocycles. The van der Waals surface area contributed by atoms with E-state index in [0.29, 0.717) is 0 Å². The van der Waals surface area contributed by atoms with Gasteiger partial charge < -0.3 is 9.88 Å². The summed E-state index contributed by atoms with van der Waals surface area (Å²) < 4.78 is 3.23. The fourth-order valence-electron chi connectivity index (χ4n) is 4.19. The summed E-state index contributed by atoms with van der Waals surface area (Å²) >= 11 is 3.07. The lowest BCUT2D eigenvalue weighted by Gasteiger charge is -2.19. The number of aryl methyl sites for hydroxylation is 1. The fraction of sp³-hybridized carbons (Fsp3) is 0.267. The van der Waals surface area contributed by atoms with Crippen LogP contribution in [0.5, 0.6) is 0 Å². The first-order valence-electron chi connectivity index (χ1n) is 12.7. The zero-order valence-electron chi connectivity index (χ0n) is 22.3. The topological polar surface area (TPSA) is 72.7 Å². The molecular weight excluding hydrogens is 510 g/mol. The first kappa shape index (κ1) is 26.1. The van der Waals surface area contributed by atoms with Crippen molar-refractivity contribution in [2.24, 2.45) is 0 Å². The van der Waals surface area contributed by atoms with Gasteiger partial charge in [-0.15, -0.1) is 21.5 Å². The smallest absolute Gasteiger partial charge is 0.234 e. The molecule has 8 heteroatoms. The predicted octanol–water partition coefficient (Wildman–Crippen LogP) is 7.58. The molecule has 0 fully saturated rings. The fourth-order valence-corrected chi connectivity index (χ4v) is 6.06. The number of fused-ring (bicyclic) bond motifs is 1. The minimum absolute atomic E-state index is 0.0834. The van der Waals surface area contributed by atoms with Gasteiger partial charge >= 0.3 is 0 Å². The Morgan fingerprint density at radius 1 is 0.974 bits per heavy atom. The molecule has 194 valence electrons. The first-order valence-corrected chi connectivity index (χ1v) is 14.5. The lowest BCUT2D eigenvalue weighted by atomic mass is 9.87. The van der Waals surface area contributed by atoms with E-state index >= 15 is 0 Å². The number of thioether (sulfide) groups is 1. The number of carbonyl (C=O) groups excluding carboxylic acids is 1. The molecule has 1 N–H and O–H groups in total. The van der Waals surface area contributed by atoms with Crippen LogP contribution in [0.2, 0.25) is 0 Å². The Morgan fingerprint density at radius 2 is 1.68 bits per heavy atom. The Balaban J connectivity index is 1.22. The molecule has 0 aliphatic rings. The molecule has 1 amide bonds. The second-order valence-corrected chi connectivity index (χ2v) is 12.3. The van der Waals surface area contributed by atoms with Gasteiger partial charge in [-0.3, -0.25) is 4.79 Å². The highest BCUT2D eigenvalue weighted by molar-refractivity contribution is 7.99. The van der Waals surface area contributed by atoms with Gasteiger partial charge in [0.2, 0.25) is 5.91 Å². The Morgan fingerprint density at radius 3 is 2.37 bits per heavy atom. The average Bonchev–Trinajstić information content (AvgIpc) is 3.51. The summed E-state index contributed by atoms with van der Waals surface area (Å²) in [5, 5.41) is 13.5. The van der Waals surface area contributed by atoms with E-state index in [2.05, 4.69) is 97.2 Å². The van der Waals surface area contributed by atoms with Crippen molar-refractivity contribution in [3.05, 3.63) is 77.9 Å². The van der Waals surface area contributed by atoms with E-state index in [4.69, 9.17) is 4.98 Å². The molecule has 0 saturated heterocycles. The third-order valence-electron chi connectivity index (χ3n) is 6.33. The van der Waals surface area contributed by atoms with Gasteiger partial charge in [0.1, 0.15) is 5.01 Å². The van der Waals surface area contributed by atoms with Gasteiger partial charge in [0, 0.05) is 23.4 Å². The van der Waals surface area contributed by atoms with Crippen LogP contribution in [0.4, 0.5) is 5.69 Å². The molecule has 3 aromatic carbocycles. The van der Waals surface area contributed by atoms with Crippen molar-refractivity contribution in [3.63, 3.8) is 0 Å². The van der Waals surface area contributed by atoms with Crippen molar-refractivity contribution < 1.29 is 4.79 Å². The van der Waals surface area contributed by atoms with Crippen molar-refractivity contribution in [2.45, 2.75) is 51.7 Å². The van der Waals surface area contributed by atoms with Crippen LogP contribution in [0.3, 0.4) is 0 Å². The molecule has 5 rings (SSSR count). The summed E-state index contributed by atoms with van der Waals surface area (Å²) in [5.41, 5.74) is 6.43. The molecule has 0 saturated carbocycles. The number of anilines is 1. The lowest BCUT2D eigenvalue weighted by molar-refractivity contribution is -0.113. The van der Waals surface area contributed by atoms with Gasteiger partial charge in [-0.25, -0.2) is 4.98 Å². The van der Waals surface area contributed by atoms with Gasteiger partial charge in [-0.05, 0) is 66.8 Å². The second kappa shape index (κ2) is 10.7. The van der Waals surface area contributed by atoms with Crippen LogP contribution < -0.4 is 5.32 Å². The van der Waals surface area contributed by atoms with Crippen LogP contribution in [0.15, 0.2) is 71.9 Å². The van der Waals surface area contributed by atoms with Gasteiger partial charge in [-0.1, -0.05) is 62.9 Å². The van der Waals surface area contributed by atoms with Gasteiger partial charge in [-0.2, -0.15) is 0 Å². The molecule has 0 spiro atoms.